The second-order valence-corrected chi connectivity index (χ2v) is 12.8. The Hall–Kier alpha value is -4.09. The number of hydrogen-bond acceptors (Lipinski definition) is 6. The molecule has 0 aliphatic heterocycles. The van der Waals surface area contributed by atoms with Crippen molar-refractivity contribution in [3.05, 3.63) is 107 Å². The molecule has 2 aromatic carbocycles. The molecule has 2 aromatic heterocycles. The summed E-state index contributed by atoms with van der Waals surface area (Å²) in [5, 5.41) is 13.2. The minimum absolute atomic E-state index is 0.122. The summed E-state index contributed by atoms with van der Waals surface area (Å²) in [6.07, 6.45) is 5.36. The smallest absolute Gasteiger partial charge is 0.330 e. The summed E-state index contributed by atoms with van der Waals surface area (Å²) in [6, 6.07) is 14.7. The second kappa shape index (κ2) is 14.3. The van der Waals surface area contributed by atoms with Crippen LogP contribution in [0.3, 0.4) is 0 Å². The first kappa shape index (κ1) is 33.8. The van der Waals surface area contributed by atoms with E-state index in [0.29, 0.717) is 35.6 Å². The predicted octanol–water partition coefficient (Wildman–Crippen LogP) is 6.46. The van der Waals surface area contributed by atoms with Gasteiger partial charge < -0.3 is 19.7 Å². The molecule has 0 spiro atoms. The van der Waals surface area contributed by atoms with Crippen LogP contribution < -0.4 is 5.32 Å². The number of carbonyl (C=O) groups excluding carboxylic acids is 1. The molecule has 238 valence electrons. The van der Waals surface area contributed by atoms with Gasteiger partial charge in [0.1, 0.15) is 23.3 Å². The zero-order valence-electron chi connectivity index (χ0n) is 26.0. The minimum Gasteiger partial charge on any atom is -0.479 e. The first-order valence-electron chi connectivity index (χ1n) is 14.5. The van der Waals surface area contributed by atoms with E-state index >= 15 is 0 Å². The van der Waals surface area contributed by atoms with Crippen LogP contribution in [0.4, 0.5) is 8.78 Å². The van der Waals surface area contributed by atoms with Gasteiger partial charge in [-0.15, -0.1) is 0 Å². The van der Waals surface area contributed by atoms with Crippen molar-refractivity contribution in [1.29, 1.82) is 0 Å². The number of carboxylic acid groups (broad SMARTS) is 1. The van der Waals surface area contributed by atoms with Crippen molar-refractivity contribution in [2.24, 2.45) is 12.5 Å². The van der Waals surface area contributed by atoms with Crippen LogP contribution in [0.15, 0.2) is 73.2 Å². The number of pyridine rings is 1. The molecule has 2 heterocycles. The zero-order chi connectivity index (χ0) is 32.8. The van der Waals surface area contributed by atoms with Crippen molar-refractivity contribution in [3.8, 4) is 11.3 Å². The quantitative estimate of drug-likeness (QED) is 0.174. The fourth-order valence-corrected chi connectivity index (χ4v) is 5.66. The number of carbonyl (C=O) groups is 2. The fraction of sp³-hybridized carbons (Fsp3) is 0.353. The molecule has 0 aliphatic rings. The van der Waals surface area contributed by atoms with E-state index < -0.39 is 40.6 Å². The molecule has 0 saturated carbocycles. The Morgan fingerprint density at radius 2 is 1.67 bits per heavy atom. The van der Waals surface area contributed by atoms with Gasteiger partial charge in [-0.1, -0.05) is 32.9 Å². The number of nitrogens with one attached hydrogen (secondary N) is 1. The number of imidazole rings is 1. The van der Waals surface area contributed by atoms with E-state index in [0.717, 1.165) is 5.69 Å². The van der Waals surface area contributed by atoms with Crippen molar-refractivity contribution in [2.45, 2.75) is 45.3 Å². The monoisotopic (exact) mass is 636 g/mol. The molecule has 2 N–H and O–H groups in total. The Labute approximate surface area is 266 Å². The third kappa shape index (κ3) is 7.77. The standard InChI is InChI=1S/C34H38F2N4O4S/c1-33(2,3)34(32(42)43,17-19-45-5)39-31(41)27-14-15-28(38-29(27)22-6-10-24(35)11-7-22)30(23-8-12-25(36)13-9-23)44-18-16-26-20-37-21-40(26)4/h6-15,20-21,30H,16-19H2,1-5H3,(H,39,41)(H,42,43)/t30?,34-/m1/s1. The number of aryl methyl sites for hydroxylation is 1. The summed E-state index contributed by atoms with van der Waals surface area (Å²) in [6.45, 7) is 5.62. The predicted molar refractivity (Wildman–Crippen MR) is 171 cm³/mol. The molecule has 4 rings (SSSR count). The first-order chi connectivity index (χ1) is 21.4. The van der Waals surface area contributed by atoms with Crippen LogP contribution in [-0.2, 0) is 23.0 Å². The van der Waals surface area contributed by atoms with Gasteiger partial charge in [0.2, 0.25) is 0 Å². The Morgan fingerprint density at radius 3 is 2.22 bits per heavy atom. The lowest BCUT2D eigenvalue weighted by Gasteiger charge is -2.42. The number of rotatable bonds is 13. The Balaban J connectivity index is 1.79. The molecule has 0 bridgehead atoms. The van der Waals surface area contributed by atoms with Crippen molar-refractivity contribution in [3.63, 3.8) is 0 Å². The molecule has 8 nitrogen and oxygen atoms in total. The highest BCUT2D eigenvalue weighted by Crippen LogP contribution is 2.36. The van der Waals surface area contributed by atoms with E-state index in [1.54, 1.807) is 57.6 Å². The van der Waals surface area contributed by atoms with E-state index in [9.17, 15) is 23.5 Å². The van der Waals surface area contributed by atoms with Gasteiger partial charge in [0, 0.05) is 30.9 Å². The van der Waals surface area contributed by atoms with Crippen LogP contribution in [0.2, 0.25) is 0 Å². The van der Waals surface area contributed by atoms with E-state index in [2.05, 4.69) is 10.3 Å². The van der Waals surface area contributed by atoms with Gasteiger partial charge in [-0.2, -0.15) is 11.8 Å². The molecular weight excluding hydrogens is 598 g/mol. The van der Waals surface area contributed by atoms with E-state index in [4.69, 9.17) is 9.72 Å². The molecular formula is C34H38F2N4O4S. The van der Waals surface area contributed by atoms with Crippen LogP contribution >= 0.6 is 11.8 Å². The van der Waals surface area contributed by atoms with Gasteiger partial charge in [-0.3, -0.25) is 4.79 Å². The molecule has 1 unspecified atom stereocenters. The molecule has 1 amide bonds. The van der Waals surface area contributed by atoms with E-state index in [1.165, 1.54) is 48.2 Å². The summed E-state index contributed by atoms with van der Waals surface area (Å²) in [5.74, 6) is -2.10. The van der Waals surface area contributed by atoms with Gasteiger partial charge in [-0.05, 0) is 77.9 Å². The number of nitrogens with zero attached hydrogens (tertiary/aromatic N) is 3. The molecule has 0 aliphatic carbocycles. The highest BCUT2D eigenvalue weighted by atomic mass is 32.2. The lowest BCUT2D eigenvalue weighted by atomic mass is 9.71. The number of benzene rings is 2. The summed E-state index contributed by atoms with van der Waals surface area (Å²) >= 11 is 1.49. The van der Waals surface area contributed by atoms with Gasteiger partial charge >= 0.3 is 5.97 Å². The van der Waals surface area contributed by atoms with Gasteiger partial charge in [0.05, 0.1) is 29.9 Å². The lowest BCUT2D eigenvalue weighted by molar-refractivity contribution is -0.149. The largest absolute Gasteiger partial charge is 0.479 e. The number of aromatic nitrogens is 3. The molecule has 0 fully saturated rings. The minimum atomic E-state index is -1.57. The highest BCUT2D eigenvalue weighted by Gasteiger charge is 2.50. The summed E-state index contributed by atoms with van der Waals surface area (Å²) < 4.78 is 36.0. The topological polar surface area (TPSA) is 106 Å². The number of ether oxygens (including phenoxy) is 1. The normalized spacial score (nSPS) is 13.7. The van der Waals surface area contributed by atoms with E-state index in [1.807, 2.05) is 17.9 Å². The summed E-state index contributed by atoms with van der Waals surface area (Å²) in [4.78, 5) is 35.7. The van der Waals surface area contributed by atoms with Crippen LogP contribution in [0.25, 0.3) is 11.3 Å². The lowest BCUT2D eigenvalue weighted by Crippen LogP contribution is -2.62. The van der Waals surface area contributed by atoms with Crippen molar-refractivity contribution in [2.75, 3.05) is 18.6 Å². The number of aliphatic carboxylic acids is 1. The Bertz CT molecular complexity index is 1620. The van der Waals surface area contributed by atoms with Gasteiger partial charge in [-0.25, -0.2) is 23.5 Å². The summed E-state index contributed by atoms with van der Waals surface area (Å²) in [7, 11) is 1.89. The third-order valence-corrected chi connectivity index (χ3v) is 8.55. The molecule has 4 aromatic rings. The van der Waals surface area contributed by atoms with Gasteiger partial charge in [0.25, 0.3) is 5.91 Å². The second-order valence-electron chi connectivity index (χ2n) is 11.8. The van der Waals surface area contributed by atoms with E-state index in [-0.39, 0.29) is 17.7 Å². The molecule has 45 heavy (non-hydrogen) atoms. The highest BCUT2D eigenvalue weighted by molar-refractivity contribution is 7.98. The summed E-state index contributed by atoms with van der Waals surface area (Å²) in [5.41, 5.74) is 0.443. The van der Waals surface area contributed by atoms with Crippen molar-refractivity contribution in [1.82, 2.24) is 19.9 Å². The van der Waals surface area contributed by atoms with Crippen molar-refractivity contribution >= 4 is 23.6 Å². The van der Waals surface area contributed by atoms with Crippen molar-refractivity contribution < 1.29 is 28.2 Å². The fourth-order valence-electron chi connectivity index (χ4n) is 5.15. The maximum Gasteiger partial charge on any atom is 0.330 e. The van der Waals surface area contributed by atoms with Crippen LogP contribution in [-0.4, -0.2) is 55.7 Å². The number of thioether (sulfide) groups is 1. The number of hydrogen-bond donors (Lipinski definition) is 2. The number of halogens is 2. The number of amides is 1. The third-order valence-electron chi connectivity index (χ3n) is 7.93. The van der Waals surface area contributed by atoms with Gasteiger partial charge in [0.15, 0.2) is 0 Å². The van der Waals surface area contributed by atoms with Crippen LogP contribution in [0.1, 0.15) is 60.6 Å². The number of carboxylic acids is 1. The van der Waals surface area contributed by atoms with Crippen LogP contribution in [0, 0.1) is 17.0 Å². The average molecular weight is 637 g/mol. The zero-order valence-corrected chi connectivity index (χ0v) is 26.8. The average Bonchev–Trinajstić information content (AvgIpc) is 3.41. The Kier molecular flexibility index (Phi) is 10.8. The first-order valence-corrected chi connectivity index (χ1v) is 15.9. The molecule has 0 saturated heterocycles. The maximum atomic E-state index is 14.0. The Morgan fingerprint density at radius 1 is 1.02 bits per heavy atom. The SMILES string of the molecule is CSCC[C@@](NC(=O)c1ccc(C(OCCc2cncn2C)c2ccc(F)cc2)nc1-c1ccc(F)cc1)(C(=O)O)C(C)(C)C. The van der Waals surface area contributed by atoms with Crippen LogP contribution in [0.5, 0.6) is 0 Å². The molecule has 0 radical (unpaired) electrons. The molecule has 2 atom stereocenters. The molecule has 11 heteroatoms. The maximum absolute atomic E-state index is 14.0.